The average Bonchev–Trinajstić information content (AvgIpc) is 3.24. The summed E-state index contributed by atoms with van der Waals surface area (Å²) in [5, 5.41) is 3.98. The molecule has 156 valence electrons. The van der Waals surface area contributed by atoms with Gasteiger partial charge in [0, 0.05) is 47.8 Å². The third kappa shape index (κ3) is 3.97. The molecule has 1 saturated heterocycles. The highest BCUT2D eigenvalue weighted by atomic mass is 19.1. The number of halogens is 1. The number of anilines is 2. The summed E-state index contributed by atoms with van der Waals surface area (Å²) in [7, 11) is 0. The molecule has 0 spiro atoms. The first kappa shape index (κ1) is 19.2. The topological polar surface area (TPSA) is 72.3 Å². The van der Waals surface area contributed by atoms with E-state index in [1.165, 1.54) is 12.1 Å². The van der Waals surface area contributed by atoms with Crippen molar-refractivity contribution in [1.29, 1.82) is 0 Å². The molecule has 3 heterocycles. The minimum atomic E-state index is -0.300. The Labute approximate surface area is 178 Å². The van der Waals surface area contributed by atoms with Crippen molar-refractivity contribution >= 4 is 28.6 Å². The number of aromatic nitrogens is 3. The van der Waals surface area contributed by atoms with Crippen LogP contribution in [0.25, 0.3) is 16.7 Å². The number of nitrogens with zero attached hydrogens (tertiary/aromatic N) is 4. The van der Waals surface area contributed by atoms with Crippen LogP contribution < -0.4 is 5.32 Å². The van der Waals surface area contributed by atoms with Crippen LogP contribution in [0.2, 0.25) is 0 Å². The van der Waals surface area contributed by atoms with Crippen LogP contribution in [-0.2, 0) is 4.74 Å². The number of fused-ring (bicyclic) bond motifs is 1. The Kier molecular flexibility index (Phi) is 5.05. The van der Waals surface area contributed by atoms with Crippen molar-refractivity contribution in [3.05, 3.63) is 78.4 Å². The predicted octanol–water partition coefficient (Wildman–Crippen LogP) is 3.78. The summed E-state index contributed by atoms with van der Waals surface area (Å²) in [6.45, 7) is 2.38. The van der Waals surface area contributed by atoms with E-state index >= 15 is 0 Å². The van der Waals surface area contributed by atoms with E-state index in [2.05, 4.69) is 15.3 Å². The molecule has 5 rings (SSSR count). The lowest BCUT2D eigenvalue weighted by Crippen LogP contribution is -2.40. The summed E-state index contributed by atoms with van der Waals surface area (Å²) < 4.78 is 20.4. The molecular formula is C23H20FN5O2. The Morgan fingerprint density at radius 2 is 1.74 bits per heavy atom. The highest BCUT2D eigenvalue weighted by Crippen LogP contribution is 2.22. The fourth-order valence-corrected chi connectivity index (χ4v) is 3.56. The molecule has 0 aliphatic carbocycles. The summed E-state index contributed by atoms with van der Waals surface area (Å²) in [6, 6.07) is 15.4. The van der Waals surface area contributed by atoms with Crippen molar-refractivity contribution in [1.82, 2.24) is 19.4 Å². The molecule has 4 aromatic rings. The molecule has 8 heteroatoms. The fourth-order valence-electron chi connectivity index (χ4n) is 3.56. The van der Waals surface area contributed by atoms with Crippen molar-refractivity contribution in [2.24, 2.45) is 0 Å². The molecule has 2 aromatic carbocycles. The molecule has 0 atom stereocenters. The van der Waals surface area contributed by atoms with Gasteiger partial charge in [0.15, 0.2) is 0 Å². The van der Waals surface area contributed by atoms with Gasteiger partial charge in [-0.1, -0.05) is 0 Å². The quantitative estimate of drug-likeness (QED) is 0.547. The van der Waals surface area contributed by atoms with Crippen LogP contribution in [0.5, 0.6) is 0 Å². The third-order valence-electron chi connectivity index (χ3n) is 5.22. The lowest BCUT2D eigenvalue weighted by atomic mass is 10.1. The van der Waals surface area contributed by atoms with Crippen molar-refractivity contribution in [2.75, 3.05) is 31.6 Å². The van der Waals surface area contributed by atoms with E-state index < -0.39 is 0 Å². The maximum absolute atomic E-state index is 13.1. The highest BCUT2D eigenvalue weighted by Gasteiger charge is 2.18. The van der Waals surface area contributed by atoms with Crippen molar-refractivity contribution in [2.45, 2.75) is 0 Å². The lowest BCUT2D eigenvalue weighted by molar-refractivity contribution is 0.0303. The first-order valence-electron chi connectivity index (χ1n) is 10.0. The number of nitrogens with one attached hydrogen (secondary N) is 1. The van der Waals surface area contributed by atoms with E-state index in [4.69, 9.17) is 4.74 Å². The van der Waals surface area contributed by atoms with Crippen molar-refractivity contribution < 1.29 is 13.9 Å². The van der Waals surface area contributed by atoms with Gasteiger partial charge in [0.2, 0.25) is 5.95 Å². The molecule has 1 aliphatic rings. The molecule has 31 heavy (non-hydrogen) atoms. The molecule has 1 N–H and O–H groups in total. The van der Waals surface area contributed by atoms with Crippen LogP contribution in [-0.4, -0.2) is 51.6 Å². The summed E-state index contributed by atoms with van der Waals surface area (Å²) in [4.78, 5) is 23.4. The number of morpholine rings is 1. The standard InChI is InChI=1S/C23H20FN5O2/c24-18-3-5-19(6-4-18)26-23-25-15-17-9-10-29(21(17)27-23)20-7-1-16(2-8-20)22(30)28-11-13-31-14-12-28/h1-10,15H,11-14H2,(H,25,26,27). The lowest BCUT2D eigenvalue weighted by Gasteiger charge is -2.26. The summed E-state index contributed by atoms with van der Waals surface area (Å²) in [6.07, 6.45) is 3.65. The maximum Gasteiger partial charge on any atom is 0.254 e. The molecule has 0 bridgehead atoms. The van der Waals surface area contributed by atoms with Crippen LogP contribution in [0.1, 0.15) is 10.4 Å². The predicted molar refractivity (Wildman–Crippen MR) is 115 cm³/mol. The van der Waals surface area contributed by atoms with Gasteiger partial charge in [0.05, 0.1) is 13.2 Å². The number of hydrogen-bond acceptors (Lipinski definition) is 5. The van der Waals surface area contributed by atoms with Crippen molar-refractivity contribution in [3.8, 4) is 5.69 Å². The van der Waals surface area contributed by atoms with E-state index in [1.807, 2.05) is 46.0 Å². The summed E-state index contributed by atoms with van der Waals surface area (Å²) in [5.41, 5.74) is 2.96. The Hall–Kier alpha value is -3.78. The summed E-state index contributed by atoms with van der Waals surface area (Å²) >= 11 is 0. The number of ether oxygens (including phenoxy) is 1. The second-order valence-electron chi connectivity index (χ2n) is 7.24. The van der Waals surface area contributed by atoms with E-state index in [0.29, 0.717) is 43.5 Å². The van der Waals surface area contributed by atoms with E-state index in [1.54, 1.807) is 18.3 Å². The second kappa shape index (κ2) is 8.16. The van der Waals surface area contributed by atoms with Gasteiger partial charge in [-0.2, -0.15) is 4.98 Å². The van der Waals surface area contributed by atoms with Crippen LogP contribution >= 0.6 is 0 Å². The molecule has 1 fully saturated rings. The maximum atomic E-state index is 13.1. The largest absolute Gasteiger partial charge is 0.378 e. The smallest absolute Gasteiger partial charge is 0.254 e. The molecule has 0 saturated carbocycles. The van der Waals surface area contributed by atoms with Gasteiger partial charge < -0.3 is 19.5 Å². The third-order valence-corrected chi connectivity index (χ3v) is 5.22. The number of rotatable bonds is 4. The van der Waals surface area contributed by atoms with Crippen LogP contribution in [0.3, 0.4) is 0 Å². The van der Waals surface area contributed by atoms with Crippen molar-refractivity contribution in [3.63, 3.8) is 0 Å². The zero-order valence-corrected chi connectivity index (χ0v) is 16.7. The van der Waals surface area contributed by atoms with Gasteiger partial charge in [-0.25, -0.2) is 9.37 Å². The van der Waals surface area contributed by atoms with Crippen LogP contribution in [0.4, 0.5) is 16.0 Å². The minimum Gasteiger partial charge on any atom is -0.378 e. The molecule has 1 amide bonds. The van der Waals surface area contributed by atoms with E-state index in [9.17, 15) is 9.18 Å². The van der Waals surface area contributed by atoms with Gasteiger partial charge in [-0.3, -0.25) is 4.79 Å². The first-order valence-corrected chi connectivity index (χ1v) is 10.0. The number of carbonyl (C=O) groups is 1. The Bertz CT molecular complexity index is 1220. The molecule has 0 radical (unpaired) electrons. The highest BCUT2D eigenvalue weighted by molar-refractivity contribution is 5.94. The Morgan fingerprint density at radius 1 is 1.00 bits per heavy atom. The molecule has 1 aliphatic heterocycles. The van der Waals surface area contributed by atoms with Crippen LogP contribution in [0.15, 0.2) is 67.0 Å². The van der Waals surface area contributed by atoms with Gasteiger partial charge >= 0.3 is 0 Å². The number of carbonyl (C=O) groups excluding carboxylic acids is 1. The van der Waals surface area contributed by atoms with E-state index in [0.717, 1.165) is 16.7 Å². The average molecular weight is 417 g/mol. The molecule has 0 unspecified atom stereocenters. The normalized spacial score (nSPS) is 14.0. The Morgan fingerprint density at radius 3 is 2.48 bits per heavy atom. The minimum absolute atomic E-state index is 0.0142. The van der Waals surface area contributed by atoms with Gasteiger partial charge in [-0.15, -0.1) is 0 Å². The SMILES string of the molecule is O=C(c1ccc(-n2ccc3cnc(Nc4ccc(F)cc4)nc32)cc1)N1CCOCC1. The molecule has 2 aromatic heterocycles. The zero-order valence-electron chi connectivity index (χ0n) is 16.7. The first-order chi connectivity index (χ1) is 15.2. The molecule has 7 nitrogen and oxygen atoms in total. The Balaban J connectivity index is 1.40. The fraction of sp³-hybridized carbons (Fsp3) is 0.174. The van der Waals surface area contributed by atoms with E-state index in [-0.39, 0.29) is 11.7 Å². The number of benzene rings is 2. The van der Waals surface area contributed by atoms with Gasteiger partial charge in [0.25, 0.3) is 5.91 Å². The van der Waals surface area contributed by atoms with Crippen LogP contribution in [0, 0.1) is 5.82 Å². The van der Waals surface area contributed by atoms with Gasteiger partial charge in [0.1, 0.15) is 11.5 Å². The molecular weight excluding hydrogens is 397 g/mol. The number of hydrogen-bond donors (Lipinski definition) is 1. The monoisotopic (exact) mass is 417 g/mol. The zero-order chi connectivity index (χ0) is 21.2. The second-order valence-corrected chi connectivity index (χ2v) is 7.24. The summed E-state index contributed by atoms with van der Waals surface area (Å²) in [5.74, 6) is 0.129. The van der Waals surface area contributed by atoms with Gasteiger partial charge in [-0.05, 0) is 54.6 Å². The number of amides is 1.